The van der Waals surface area contributed by atoms with Crippen molar-refractivity contribution in [2.45, 2.75) is 0 Å². The van der Waals surface area contributed by atoms with Gasteiger partial charge < -0.3 is 11.5 Å². The minimum absolute atomic E-state index is 0. The van der Waals surface area contributed by atoms with Crippen molar-refractivity contribution in [3.63, 3.8) is 0 Å². The predicted octanol–water partition coefficient (Wildman–Crippen LogP) is 0.280. The topological polar surface area (TPSA) is 49.8 Å². The van der Waals surface area contributed by atoms with Gasteiger partial charge in [-0.05, 0) is 5.11 Å². The van der Waals surface area contributed by atoms with Crippen LogP contribution in [0.3, 0.4) is 0 Å². The first kappa shape index (κ1) is 9.02. The Kier molecular flexibility index (Phi) is 7.85. The third-order valence-corrected chi connectivity index (χ3v) is 0. The second-order valence-electron chi connectivity index (χ2n) is 0.364. The van der Waals surface area contributed by atoms with Crippen LogP contribution in [-0.4, -0.2) is 5.11 Å². The first-order chi connectivity index (χ1) is 1.73. The van der Waals surface area contributed by atoms with Gasteiger partial charge in [-0.2, -0.15) is 0 Å². The molecule has 0 aromatic heterocycles. The van der Waals surface area contributed by atoms with Gasteiger partial charge in [-0.25, -0.2) is 0 Å². The molecule has 0 radical (unpaired) electrons. The van der Waals surface area contributed by atoms with E-state index in [9.17, 15) is 0 Å². The molecule has 4 heteroatoms. The molecule has 0 heterocycles. The minimum atomic E-state index is -0.250. The van der Waals surface area contributed by atoms with Crippen molar-refractivity contribution >= 4 is 17.3 Å². The molecule has 0 aliphatic rings. The van der Waals surface area contributed by atoms with Crippen LogP contribution in [0.25, 0.3) is 5.73 Å². The van der Waals surface area contributed by atoms with Gasteiger partial charge in [0.15, 0.2) is 0 Å². The third-order valence-electron chi connectivity index (χ3n) is 0. The molecule has 5 heavy (non-hydrogen) atoms. The van der Waals surface area contributed by atoms with Crippen molar-refractivity contribution in [3.05, 3.63) is 5.73 Å². The van der Waals surface area contributed by atoms with Gasteiger partial charge in [0.2, 0.25) is 0 Å². The average molecular weight is 182 g/mol. The molecule has 0 bridgehead atoms. The largest absolute Gasteiger partial charge is 0.486 e. The van der Waals surface area contributed by atoms with Gasteiger partial charge in [0.25, 0.3) is 0 Å². The first-order valence-corrected chi connectivity index (χ1v) is 1.15. The van der Waals surface area contributed by atoms with Gasteiger partial charge in [0.1, 0.15) is 0 Å². The molecule has 0 unspecified atom stereocenters. The molecule has 0 rings (SSSR count). The molecule has 0 atom stereocenters. The second-order valence-corrected chi connectivity index (χ2v) is 0.804. The Bertz CT molecular complexity index is 32.6. The molecule has 0 aromatic carbocycles. The van der Waals surface area contributed by atoms with Crippen molar-refractivity contribution in [2.75, 3.05) is 0 Å². The van der Waals surface area contributed by atoms with Crippen LogP contribution < -0.4 is 5.73 Å². The molecule has 0 aliphatic carbocycles. The molecule has 0 fully saturated rings. The number of nitrogens with two attached hydrogens (primary N) is 1. The summed E-state index contributed by atoms with van der Waals surface area (Å²) < 4.78 is 0. The van der Waals surface area contributed by atoms with Crippen molar-refractivity contribution < 1.29 is 20.4 Å². The molecule has 0 spiro atoms. The number of hydrogen-bond acceptors (Lipinski definition) is 1. The van der Waals surface area contributed by atoms with Crippen LogP contribution in [0.4, 0.5) is 0 Å². The summed E-state index contributed by atoms with van der Waals surface area (Å²) in [5.74, 6) is 0. The van der Waals surface area contributed by atoms with E-state index in [1.54, 1.807) is 0 Å². The molecule has 0 amide bonds. The standard InChI is InChI=1S/CH4N2S.Pd/c2-1(3)4;/h(H4,2,3,4);/p-1. The summed E-state index contributed by atoms with van der Waals surface area (Å²) in [4.78, 5) is 0. The van der Waals surface area contributed by atoms with E-state index < -0.39 is 0 Å². The Labute approximate surface area is 49.6 Å². The molecule has 2 nitrogen and oxygen atoms in total. The summed E-state index contributed by atoms with van der Waals surface area (Å²) in [7, 11) is 0. The molecule has 0 aliphatic heterocycles. The quantitative estimate of drug-likeness (QED) is 0.431. The maximum absolute atomic E-state index is 6.09. The molecule has 0 aromatic rings. The van der Waals surface area contributed by atoms with Crippen LogP contribution >= 0.6 is 12.2 Å². The van der Waals surface area contributed by atoms with E-state index in [2.05, 4.69) is 18.0 Å². The maximum atomic E-state index is 6.09. The van der Waals surface area contributed by atoms with Gasteiger partial charge in [0.05, 0.1) is 0 Å². The number of thiocarbonyl (C=S) groups is 1. The maximum Gasteiger partial charge on any atom is 0 e. The monoisotopic (exact) mass is 181 g/mol. The van der Waals surface area contributed by atoms with E-state index in [-0.39, 0.29) is 25.5 Å². The fraction of sp³-hybridized carbons (Fsp3) is 0. The zero-order chi connectivity index (χ0) is 3.58. The van der Waals surface area contributed by atoms with E-state index in [4.69, 9.17) is 5.73 Å². The van der Waals surface area contributed by atoms with Crippen LogP contribution in [0, 0.1) is 0 Å². The Morgan fingerprint density at radius 3 is 1.80 bits per heavy atom. The summed E-state index contributed by atoms with van der Waals surface area (Å²) in [5.41, 5.74) is 10.6. The first-order valence-electron chi connectivity index (χ1n) is 0.743. The van der Waals surface area contributed by atoms with Crippen molar-refractivity contribution in [1.29, 1.82) is 0 Å². The SMILES string of the molecule is [NH-]C(N)=S.[Pd]. The molecule has 34 valence electrons. The van der Waals surface area contributed by atoms with Crippen molar-refractivity contribution in [3.8, 4) is 0 Å². The molecule has 0 saturated heterocycles. The van der Waals surface area contributed by atoms with E-state index in [1.807, 2.05) is 0 Å². The number of rotatable bonds is 0. The van der Waals surface area contributed by atoms with Crippen molar-refractivity contribution in [2.24, 2.45) is 5.73 Å². The fourth-order valence-electron chi connectivity index (χ4n) is 0. The molecule has 3 N–H and O–H groups in total. The third kappa shape index (κ3) is 194. The van der Waals surface area contributed by atoms with E-state index in [0.29, 0.717) is 0 Å². The van der Waals surface area contributed by atoms with Crippen LogP contribution in [-0.2, 0) is 20.4 Å². The Hall–Kier alpha value is 0.352. The Morgan fingerprint density at radius 1 is 1.80 bits per heavy atom. The number of hydrogen-bond donors (Lipinski definition) is 1. The van der Waals surface area contributed by atoms with E-state index in [1.165, 1.54) is 0 Å². The molecule has 0 saturated carbocycles. The van der Waals surface area contributed by atoms with E-state index >= 15 is 0 Å². The van der Waals surface area contributed by atoms with Gasteiger partial charge in [-0.15, -0.1) is 0 Å². The van der Waals surface area contributed by atoms with E-state index in [0.717, 1.165) is 0 Å². The smallest absolute Gasteiger partial charge is 0 e. The summed E-state index contributed by atoms with van der Waals surface area (Å²) >= 11 is 3.98. The Morgan fingerprint density at radius 2 is 1.80 bits per heavy atom. The number of nitrogens with one attached hydrogen (secondary N) is 1. The summed E-state index contributed by atoms with van der Waals surface area (Å²) in [6.45, 7) is 0. The zero-order valence-corrected chi connectivity index (χ0v) is 4.67. The predicted molar refractivity (Wildman–Crippen MR) is 21.1 cm³/mol. The summed E-state index contributed by atoms with van der Waals surface area (Å²) in [5, 5.41) is -0.250. The second kappa shape index (κ2) is 4.35. The minimum Gasteiger partial charge on any atom is -0.486 e. The van der Waals surface area contributed by atoms with Gasteiger partial charge in [-0.3, -0.25) is 0 Å². The molecular weight excluding hydrogens is 179 g/mol. The average Bonchev–Trinajstić information content (AvgIpc) is 0.811. The fourth-order valence-corrected chi connectivity index (χ4v) is 0. The zero-order valence-electron chi connectivity index (χ0n) is 2.30. The van der Waals surface area contributed by atoms with Crippen LogP contribution in [0.5, 0.6) is 0 Å². The van der Waals surface area contributed by atoms with Gasteiger partial charge in [0, 0.05) is 20.4 Å². The normalized spacial score (nSPS) is 4.80. The van der Waals surface area contributed by atoms with Crippen molar-refractivity contribution in [1.82, 2.24) is 0 Å². The Balaban J connectivity index is 0. The summed E-state index contributed by atoms with van der Waals surface area (Å²) in [6, 6.07) is 0. The van der Waals surface area contributed by atoms with Crippen LogP contribution in [0.1, 0.15) is 0 Å². The van der Waals surface area contributed by atoms with Crippen LogP contribution in [0.15, 0.2) is 0 Å². The van der Waals surface area contributed by atoms with Crippen LogP contribution in [0.2, 0.25) is 0 Å². The van der Waals surface area contributed by atoms with Gasteiger partial charge in [-0.1, -0.05) is 12.2 Å². The van der Waals surface area contributed by atoms with Gasteiger partial charge >= 0.3 is 0 Å². The summed E-state index contributed by atoms with van der Waals surface area (Å²) in [6.07, 6.45) is 0. The molecular formula is CH3N2PdS-.